The Bertz CT molecular complexity index is 664. The van der Waals surface area contributed by atoms with E-state index in [0.717, 1.165) is 22.8 Å². The molecule has 2 N–H and O–H groups in total. The summed E-state index contributed by atoms with van der Waals surface area (Å²) in [7, 11) is 0. The third-order valence-corrected chi connectivity index (χ3v) is 5.31. The summed E-state index contributed by atoms with van der Waals surface area (Å²) >= 11 is 6.11. The maximum atomic E-state index is 6.11. The molecule has 1 spiro atoms. The van der Waals surface area contributed by atoms with Crippen LogP contribution in [0.4, 0.5) is 0 Å². The van der Waals surface area contributed by atoms with Gasteiger partial charge in [-0.15, -0.1) is 12.4 Å². The van der Waals surface area contributed by atoms with E-state index in [0.29, 0.717) is 5.41 Å². The third-order valence-electron chi connectivity index (χ3n) is 5.07. The van der Waals surface area contributed by atoms with Gasteiger partial charge in [0.05, 0.1) is 11.9 Å². The molecule has 1 aromatic heterocycles. The van der Waals surface area contributed by atoms with Crippen molar-refractivity contribution in [2.45, 2.75) is 19.4 Å². The van der Waals surface area contributed by atoms with Crippen LogP contribution in [0.25, 0.3) is 11.3 Å². The number of nitrogens with one attached hydrogen (secondary N) is 2. The number of hydrogen-bond donors (Lipinski definition) is 2. The van der Waals surface area contributed by atoms with Crippen LogP contribution in [-0.4, -0.2) is 41.3 Å². The molecule has 0 radical (unpaired) electrons. The van der Waals surface area contributed by atoms with E-state index in [1.165, 1.54) is 44.6 Å². The molecule has 1 aromatic carbocycles. The van der Waals surface area contributed by atoms with Crippen LogP contribution in [0, 0.1) is 5.41 Å². The Morgan fingerprint density at radius 1 is 1.30 bits per heavy atom. The van der Waals surface area contributed by atoms with Crippen LogP contribution in [0.2, 0.25) is 5.02 Å². The summed E-state index contributed by atoms with van der Waals surface area (Å²) < 4.78 is 0. The minimum absolute atomic E-state index is 0. The van der Waals surface area contributed by atoms with Gasteiger partial charge in [0, 0.05) is 35.8 Å². The zero-order chi connectivity index (χ0) is 15.0. The van der Waals surface area contributed by atoms with Crippen LogP contribution in [0.5, 0.6) is 0 Å². The van der Waals surface area contributed by atoms with Gasteiger partial charge in [0.1, 0.15) is 0 Å². The predicted molar refractivity (Wildman–Crippen MR) is 96.1 cm³/mol. The van der Waals surface area contributed by atoms with Crippen molar-refractivity contribution < 1.29 is 0 Å². The summed E-state index contributed by atoms with van der Waals surface area (Å²) in [5, 5.41) is 11.7. The Morgan fingerprint density at radius 2 is 2.22 bits per heavy atom. The minimum atomic E-state index is 0. The summed E-state index contributed by atoms with van der Waals surface area (Å²) in [6, 6.07) is 7.95. The van der Waals surface area contributed by atoms with E-state index < -0.39 is 0 Å². The first-order valence-corrected chi connectivity index (χ1v) is 8.33. The van der Waals surface area contributed by atoms with Gasteiger partial charge in [-0.3, -0.25) is 10.00 Å². The first kappa shape index (κ1) is 16.8. The number of H-pyrrole nitrogens is 1. The number of aromatic nitrogens is 2. The smallest absolute Gasteiger partial charge is 0.0695 e. The molecular weight excluding hydrogens is 331 g/mol. The summed E-state index contributed by atoms with van der Waals surface area (Å²) in [5.41, 5.74) is 3.97. The number of likely N-dealkylation sites (tertiary alicyclic amines) is 1. The zero-order valence-electron chi connectivity index (χ0n) is 13.0. The number of aromatic amines is 1. The molecule has 2 aliphatic rings. The molecular formula is C17H22Cl2N4. The largest absolute Gasteiger partial charge is 0.316 e. The molecule has 2 aliphatic heterocycles. The second-order valence-electron chi connectivity index (χ2n) is 6.67. The fourth-order valence-electron chi connectivity index (χ4n) is 3.87. The number of halogens is 2. The van der Waals surface area contributed by atoms with E-state index in [1.54, 1.807) is 0 Å². The molecule has 6 heteroatoms. The summed E-state index contributed by atoms with van der Waals surface area (Å²) in [5.74, 6) is 0. The lowest BCUT2D eigenvalue weighted by molar-refractivity contribution is 0.269. The van der Waals surface area contributed by atoms with Crippen molar-refractivity contribution in [1.29, 1.82) is 0 Å². The quantitative estimate of drug-likeness (QED) is 0.890. The lowest BCUT2D eigenvalue weighted by atomic mass is 9.86. The van der Waals surface area contributed by atoms with Gasteiger partial charge in [-0.05, 0) is 43.5 Å². The van der Waals surface area contributed by atoms with Crippen molar-refractivity contribution in [2.75, 3.05) is 26.2 Å². The Morgan fingerprint density at radius 3 is 3.00 bits per heavy atom. The Labute approximate surface area is 148 Å². The molecule has 0 amide bonds. The normalized spacial score (nSPS) is 24.2. The third kappa shape index (κ3) is 3.41. The first-order chi connectivity index (χ1) is 10.7. The van der Waals surface area contributed by atoms with Gasteiger partial charge in [-0.2, -0.15) is 5.10 Å². The molecule has 1 atom stereocenters. The van der Waals surface area contributed by atoms with Crippen molar-refractivity contribution >= 4 is 24.0 Å². The van der Waals surface area contributed by atoms with E-state index in [1.807, 2.05) is 24.4 Å². The lowest BCUT2D eigenvalue weighted by Gasteiger charge is -2.22. The van der Waals surface area contributed by atoms with Crippen molar-refractivity contribution in [3.05, 3.63) is 41.0 Å². The highest BCUT2D eigenvalue weighted by molar-refractivity contribution is 6.30. The number of hydrogen-bond acceptors (Lipinski definition) is 3. The molecule has 3 heterocycles. The lowest BCUT2D eigenvalue weighted by Crippen LogP contribution is -2.28. The first-order valence-electron chi connectivity index (χ1n) is 7.95. The summed E-state index contributed by atoms with van der Waals surface area (Å²) in [6.45, 7) is 5.69. The van der Waals surface area contributed by atoms with E-state index in [4.69, 9.17) is 11.6 Å². The van der Waals surface area contributed by atoms with Gasteiger partial charge < -0.3 is 5.32 Å². The predicted octanol–water partition coefficient (Wildman–Crippen LogP) is 3.34. The van der Waals surface area contributed by atoms with Crippen LogP contribution >= 0.6 is 24.0 Å². The van der Waals surface area contributed by atoms with Crippen molar-refractivity contribution in [2.24, 2.45) is 5.41 Å². The Balaban J connectivity index is 0.00000156. The molecule has 23 heavy (non-hydrogen) atoms. The number of benzene rings is 1. The molecule has 124 valence electrons. The summed E-state index contributed by atoms with van der Waals surface area (Å²) in [6.07, 6.45) is 4.58. The average Bonchev–Trinajstić information content (AvgIpc) is 3.23. The molecule has 0 aliphatic carbocycles. The minimum Gasteiger partial charge on any atom is -0.316 e. The van der Waals surface area contributed by atoms with Crippen LogP contribution in [-0.2, 0) is 6.54 Å². The van der Waals surface area contributed by atoms with Gasteiger partial charge in [-0.25, -0.2) is 0 Å². The van der Waals surface area contributed by atoms with E-state index in [-0.39, 0.29) is 12.4 Å². The molecule has 2 aromatic rings. The van der Waals surface area contributed by atoms with E-state index >= 15 is 0 Å². The van der Waals surface area contributed by atoms with E-state index in [2.05, 4.69) is 26.5 Å². The van der Waals surface area contributed by atoms with Crippen molar-refractivity contribution in [3.8, 4) is 11.3 Å². The number of nitrogens with zero attached hydrogens (tertiary/aromatic N) is 2. The molecule has 4 nitrogen and oxygen atoms in total. The molecule has 0 saturated carbocycles. The van der Waals surface area contributed by atoms with Crippen LogP contribution in [0.1, 0.15) is 18.4 Å². The van der Waals surface area contributed by atoms with Gasteiger partial charge in [0.2, 0.25) is 0 Å². The highest BCUT2D eigenvalue weighted by atomic mass is 35.5. The molecule has 4 rings (SSSR count). The van der Waals surface area contributed by atoms with Crippen molar-refractivity contribution in [3.63, 3.8) is 0 Å². The highest BCUT2D eigenvalue weighted by Crippen LogP contribution is 2.37. The molecule has 0 bridgehead atoms. The maximum absolute atomic E-state index is 6.11. The topological polar surface area (TPSA) is 44.0 Å². The summed E-state index contributed by atoms with van der Waals surface area (Å²) in [4.78, 5) is 2.56. The number of rotatable bonds is 3. The zero-order valence-corrected chi connectivity index (χ0v) is 14.6. The second-order valence-corrected chi connectivity index (χ2v) is 7.10. The molecule has 2 saturated heterocycles. The second kappa shape index (κ2) is 6.81. The SMILES string of the molecule is Cl.Clc1cccc(-c2[nH]ncc2CN2CCC3(CCNC3)C2)c1. The van der Waals surface area contributed by atoms with Gasteiger partial charge >= 0.3 is 0 Å². The van der Waals surface area contributed by atoms with Gasteiger partial charge in [0.15, 0.2) is 0 Å². The van der Waals surface area contributed by atoms with Crippen LogP contribution in [0.3, 0.4) is 0 Å². The Kier molecular flexibility index (Phi) is 4.97. The van der Waals surface area contributed by atoms with Crippen LogP contribution < -0.4 is 5.32 Å². The van der Waals surface area contributed by atoms with Gasteiger partial charge in [0.25, 0.3) is 0 Å². The average molecular weight is 353 g/mol. The Hall–Kier alpha value is -1.07. The monoisotopic (exact) mass is 352 g/mol. The highest BCUT2D eigenvalue weighted by Gasteiger charge is 2.40. The van der Waals surface area contributed by atoms with Crippen LogP contribution in [0.15, 0.2) is 30.5 Å². The maximum Gasteiger partial charge on any atom is 0.0695 e. The standard InChI is InChI=1S/C17H21ClN4.ClH/c18-15-3-1-2-13(8-15)16-14(9-20-21-16)10-22-7-5-17(12-22)4-6-19-11-17;/h1-3,8-9,19H,4-7,10-12H2,(H,20,21);1H. The fourth-order valence-corrected chi connectivity index (χ4v) is 4.06. The molecule has 2 fully saturated rings. The van der Waals surface area contributed by atoms with Gasteiger partial charge in [-0.1, -0.05) is 23.7 Å². The molecule has 1 unspecified atom stereocenters. The van der Waals surface area contributed by atoms with E-state index in [9.17, 15) is 0 Å². The fraction of sp³-hybridized carbons (Fsp3) is 0.471. The van der Waals surface area contributed by atoms with Crippen molar-refractivity contribution in [1.82, 2.24) is 20.4 Å².